The third-order valence-corrected chi connectivity index (χ3v) is 1.54. The lowest BCUT2D eigenvalue weighted by Gasteiger charge is -2.08. The van der Waals surface area contributed by atoms with Crippen LogP contribution < -0.4 is 0 Å². The number of hydrogen-bond acceptors (Lipinski definition) is 0. The average molecular weight is 332 g/mol. The molecule has 0 fully saturated rings. The fraction of sp³-hybridized carbons (Fsp3) is 1.00. The van der Waals surface area contributed by atoms with Crippen LogP contribution in [0.5, 0.6) is 0 Å². The van der Waals surface area contributed by atoms with Crippen LogP contribution in [0, 0.1) is 0 Å². The number of rotatable bonds is 2. The summed E-state index contributed by atoms with van der Waals surface area (Å²) in [6.45, 7) is -1.21. The summed E-state index contributed by atoms with van der Waals surface area (Å²) in [6.07, 6.45) is 0. The zero-order chi connectivity index (χ0) is 5.91. The van der Waals surface area contributed by atoms with Gasteiger partial charge >= 0.3 is 0 Å². The SMILES string of the molecule is FCC(I)(I)CF. The molecule has 0 aliphatic carbocycles. The summed E-state index contributed by atoms with van der Waals surface area (Å²) in [5.74, 6) is 0. The lowest BCUT2D eigenvalue weighted by Crippen LogP contribution is -2.15. The first-order valence-electron chi connectivity index (χ1n) is 1.62. The molecule has 0 bridgehead atoms. The van der Waals surface area contributed by atoms with Gasteiger partial charge in [0.05, 0.1) is 0 Å². The van der Waals surface area contributed by atoms with E-state index in [1.165, 1.54) is 0 Å². The van der Waals surface area contributed by atoms with Crippen LogP contribution in [-0.2, 0) is 0 Å². The van der Waals surface area contributed by atoms with Crippen LogP contribution in [0.4, 0.5) is 8.78 Å². The smallest absolute Gasteiger partial charge is 0.130 e. The summed E-state index contributed by atoms with van der Waals surface area (Å²) < 4.78 is 22.2. The van der Waals surface area contributed by atoms with Crippen molar-refractivity contribution in [3.8, 4) is 0 Å². The molecule has 4 heteroatoms. The molecule has 0 N–H and O–H groups in total. The van der Waals surface area contributed by atoms with E-state index in [0.717, 1.165) is 0 Å². The monoisotopic (exact) mass is 332 g/mol. The molecule has 0 amide bonds. The Balaban J connectivity index is 3.36. The van der Waals surface area contributed by atoms with Crippen molar-refractivity contribution < 1.29 is 8.78 Å². The maximum Gasteiger partial charge on any atom is 0.130 e. The maximum atomic E-state index is 11.5. The van der Waals surface area contributed by atoms with Crippen LogP contribution in [0.3, 0.4) is 0 Å². The van der Waals surface area contributed by atoms with Gasteiger partial charge in [0.15, 0.2) is 0 Å². The van der Waals surface area contributed by atoms with Gasteiger partial charge in [-0.05, 0) is 0 Å². The zero-order valence-electron chi connectivity index (χ0n) is 3.43. The summed E-state index contributed by atoms with van der Waals surface area (Å²) >= 11 is 3.48. The molecule has 44 valence electrons. The van der Waals surface area contributed by atoms with E-state index in [0.29, 0.717) is 0 Å². The van der Waals surface area contributed by atoms with Gasteiger partial charge < -0.3 is 0 Å². The van der Waals surface area contributed by atoms with Gasteiger partial charge in [0, 0.05) is 0 Å². The van der Waals surface area contributed by atoms with E-state index in [4.69, 9.17) is 0 Å². The van der Waals surface area contributed by atoms with Crippen LogP contribution in [0.25, 0.3) is 0 Å². The molecule has 0 aromatic heterocycles. The average Bonchev–Trinajstić information content (AvgIpc) is 1.68. The van der Waals surface area contributed by atoms with Crippen molar-refractivity contribution in [1.29, 1.82) is 0 Å². The predicted molar refractivity (Wildman–Crippen MR) is 42.7 cm³/mol. The van der Waals surface area contributed by atoms with Gasteiger partial charge in [0.2, 0.25) is 0 Å². The molecular weight excluding hydrogens is 328 g/mol. The Morgan fingerprint density at radius 1 is 1.14 bits per heavy atom. The molecule has 0 aromatic rings. The lowest BCUT2D eigenvalue weighted by molar-refractivity contribution is 0.408. The molecule has 0 aliphatic heterocycles. The Labute approximate surface area is 68.3 Å². The molecule has 7 heavy (non-hydrogen) atoms. The van der Waals surface area contributed by atoms with Crippen molar-refractivity contribution in [2.45, 2.75) is 1.43 Å². The van der Waals surface area contributed by atoms with Crippen molar-refractivity contribution in [1.82, 2.24) is 0 Å². The van der Waals surface area contributed by atoms with Gasteiger partial charge in [-0.1, -0.05) is 45.2 Å². The minimum Gasteiger partial charge on any atom is -0.249 e. The minimum atomic E-state index is -0.810. The quantitative estimate of drug-likeness (QED) is 0.539. The molecule has 0 radical (unpaired) electrons. The largest absolute Gasteiger partial charge is 0.249 e. The Kier molecular flexibility index (Phi) is 4.00. The molecule has 0 heterocycles. The van der Waals surface area contributed by atoms with Crippen molar-refractivity contribution in [2.75, 3.05) is 13.3 Å². The molecule has 0 rings (SSSR count). The van der Waals surface area contributed by atoms with Crippen LogP contribution in [0.2, 0.25) is 0 Å². The third-order valence-electron chi connectivity index (χ3n) is 0.391. The van der Waals surface area contributed by atoms with E-state index in [1.807, 2.05) is 0 Å². The van der Waals surface area contributed by atoms with Crippen molar-refractivity contribution in [3.63, 3.8) is 0 Å². The second-order valence-electron chi connectivity index (χ2n) is 1.12. The molecule has 0 aromatic carbocycles. The Bertz CT molecular complexity index is 48.9. The topological polar surface area (TPSA) is 0 Å². The van der Waals surface area contributed by atoms with E-state index >= 15 is 0 Å². The molecule has 0 saturated heterocycles. The summed E-state index contributed by atoms with van der Waals surface area (Å²) in [5.41, 5.74) is 0. The Morgan fingerprint density at radius 3 is 1.43 bits per heavy atom. The van der Waals surface area contributed by atoms with E-state index in [9.17, 15) is 8.78 Å². The first-order valence-corrected chi connectivity index (χ1v) is 3.78. The second kappa shape index (κ2) is 3.37. The van der Waals surface area contributed by atoms with Gasteiger partial charge in [-0.3, -0.25) is 0 Å². The van der Waals surface area contributed by atoms with E-state index in [-0.39, 0.29) is 0 Å². The minimum absolute atomic E-state index is 0.607. The number of hydrogen-bond donors (Lipinski definition) is 0. The molecule has 0 aliphatic rings. The molecule has 0 spiro atoms. The summed E-state index contributed by atoms with van der Waals surface area (Å²) in [7, 11) is 0. The number of halogens is 4. The maximum absolute atomic E-state index is 11.5. The van der Waals surface area contributed by atoms with Crippen molar-refractivity contribution >= 4 is 45.2 Å². The van der Waals surface area contributed by atoms with E-state index in [2.05, 4.69) is 0 Å². The predicted octanol–water partition coefficient (Wildman–Crippen LogP) is 2.49. The molecular formula is C3H4F2I2. The lowest BCUT2D eigenvalue weighted by atomic mass is 10.5. The number of alkyl halides is 4. The second-order valence-corrected chi connectivity index (χ2v) is 7.32. The third kappa shape index (κ3) is 3.87. The van der Waals surface area contributed by atoms with E-state index < -0.39 is 14.8 Å². The first-order chi connectivity index (χ1) is 3.12. The first kappa shape index (κ1) is 8.32. The standard InChI is InChI=1S/C3H4F2I2/c4-1-3(6,7)2-5/h1-2H2. The molecule has 0 nitrogen and oxygen atoms in total. The normalized spacial score (nSPS) is 12.0. The molecule has 0 atom stereocenters. The fourth-order valence-electron chi connectivity index (χ4n) is 0.0357. The van der Waals surface area contributed by atoms with Gasteiger partial charge in [-0.15, -0.1) is 0 Å². The van der Waals surface area contributed by atoms with Gasteiger partial charge in [0.25, 0.3) is 0 Å². The van der Waals surface area contributed by atoms with E-state index in [1.54, 1.807) is 45.2 Å². The van der Waals surface area contributed by atoms with Crippen molar-refractivity contribution in [3.05, 3.63) is 0 Å². The highest BCUT2D eigenvalue weighted by atomic mass is 127. The van der Waals surface area contributed by atoms with Gasteiger partial charge in [-0.2, -0.15) is 0 Å². The summed E-state index contributed by atoms with van der Waals surface area (Å²) in [5, 5.41) is 0. The highest BCUT2D eigenvalue weighted by molar-refractivity contribution is 14.2. The van der Waals surface area contributed by atoms with Gasteiger partial charge in [-0.25, -0.2) is 8.78 Å². The zero-order valence-corrected chi connectivity index (χ0v) is 7.74. The highest BCUT2D eigenvalue weighted by Crippen LogP contribution is 2.27. The van der Waals surface area contributed by atoms with Gasteiger partial charge in [0.1, 0.15) is 14.8 Å². The Hall–Kier alpha value is 1.32. The summed E-state index contributed by atoms with van der Waals surface area (Å²) in [4.78, 5) is 0. The molecule has 0 unspecified atom stereocenters. The van der Waals surface area contributed by atoms with Crippen LogP contribution in [-0.4, -0.2) is 14.8 Å². The summed E-state index contributed by atoms with van der Waals surface area (Å²) in [6, 6.07) is 0. The van der Waals surface area contributed by atoms with Crippen LogP contribution in [0.1, 0.15) is 0 Å². The fourth-order valence-corrected chi connectivity index (χ4v) is 0.0357. The van der Waals surface area contributed by atoms with Crippen LogP contribution >= 0.6 is 45.2 Å². The van der Waals surface area contributed by atoms with Crippen LogP contribution in [0.15, 0.2) is 0 Å². The Morgan fingerprint density at radius 2 is 1.43 bits per heavy atom. The molecule has 0 saturated carbocycles. The highest BCUT2D eigenvalue weighted by Gasteiger charge is 2.21. The van der Waals surface area contributed by atoms with Crippen molar-refractivity contribution in [2.24, 2.45) is 0 Å².